The van der Waals surface area contributed by atoms with E-state index < -0.39 is 26.0 Å². The third kappa shape index (κ3) is 5.38. The summed E-state index contributed by atoms with van der Waals surface area (Å²) in [6.07, 6.45) is 1.53. The van der Waals surface area contributed by atoms with Gasteiger partial charge in [-0.05, 0) is 29.8 Å². The molecule has 0 bridgehead atoms. The highest BCUT2D eigenvalue weighted by Crippen LogP contribution is 2.24. The number of rotatable bonds is 6. The Morgan fingerprint density at radius 3 is 2.19 bits per heavy atom. The molecule has 1 saturated heterocycles. The van der Waals surface area contributed by atoms with Gasteiger partial charge in [0.1, 0.15) is 0 Å². The minimum absolute atomic E-state index is 0.0393. The molecule has 0 atom stereocenters. The van der Waals surface area contributed by atoms with Gasteiger partial charge in [-0.2, -0.15) is 4.31 Å². The van der Waals surface area contributed by atoms with Crippen LogP contribution in [0.3, 0.4) is 0 Å². The number of benzene rings is 2. The largest absolute Gasteiger partial charge is 0.336 e. The molecular weight excluding hydrogens is 474 g/mol. The van der Waals surface area contributed by atoms with Crippen molar-refractivity contribution >= 4 is 43.6 Å². The summed E-state index contributed by atoms with van der Waals surface area (Å²) in [6.45, 7) is 0.581. The fraction of sp³-hybridized carbons (Fsp3) is 0.286. The number of piperazine rings is 1. The number of carbonyl (C=O) groups excluding carboxylic acids is 1. The van der Waals surface area contributed by atoms with E-state index >= 15 is 0 Å². The molecule has 11 heteroatoms. The quantitative estimate of drug-likeness (QED) is 0.610. The van der Waals surface area contributed by atoms with Gasteiger partial charge in [-0.25, -0.2) is 21.1 Å². The summed E-state index contributed by atoms with van der Waals surface area (Å²) in [5, 5.41) is 1.29. The van der Waals surface area contributed by atoms with Crippen molar-refractivity contribution in [2.24, 2.45) is 0 Å². The highest BCUT2D eigenvalue weighted by atomic mass is 35.5. The number of amides is 1. The number of hydrogen-bond acceptors (Lipinski definition) is 5. The summed E-state index contributed by atoms with van der Waals surface area (Å²) in [5.74, 6) is -0.442. The summed E-state index contributed by atoms with van der Waals surface area (Å²) >= 11 is 6.17. The zero-order valence-electron chi connectivity index (χ0n) is 17.7. The van der Waals surface area contributed by atoms with E-state index in [0.717, 1.165) is 15.3 Å². The molecular formula is C21H24ClN3O5S2. The minimum Gasteiger partial charge on any atom is -0.336 e. The molecule has 0 radical (unpaired) electrons. The lowest BCUT2D eigenvalue weighted by Crippen LogP contribution is -2.50. The van der Waals surface area contributed by atoms with Gasteiger partial charge in [0.25, 0.3) is 5.91 Å². The monoisotopic (exact) mass is 497 g/mol. The van der Waals surface area contributed by atoms with E-state index in [2.05, 4.69) is 0 Å². The van der Waals surface area contributed by atoms with Crippen LogP contribution in [0.15, 0.2) is 58.8 Å². The molecule has 0 unspecified atom stereocenters. The molecule has 0 aromatic heterocycles. The second-order valence-corrected chi connectivity index (χ2v) is 11.8. The van der Waals surface area contributed by atoms with Crippen molar-refractivity contribution < 1.29 is 21.6 Å². The zero-order chi connectivity index (χ0) is 23.5. The Hall–Kier alpha value is -2.24. The lowest BCUT2D eigenvalue weighted by atomic mass is 10.2. The fourth-order valence-electron chi connectivity index (χ4n) is 3.17. The third-order valence-electron chi connectivity index (χ3n) is 5.06. The van der Waals surface area contributed by atoms with Crippen molar-refractivity contribution in [3.05, 3.63) is 70.1 Å². The van der Waals surface area contributed by atoms with E-state index in [-0.39, 0.29) is 41.7 Å². The molecule has 1 aliphatic heterocycles. The Balaban J connectivity index is 1.71. The average molecular weight is 498 g/mol. The maximum Gasteiger partial charge on any atom is 0.255 e. The van der Waals surface area contributed by atoms with Gasteiger partial charge in [-0.1, -0.05) is 41.9 Å². The van der Waals surface area contributed by atoms with Crippen LogP contribution in [0.1, 0.15) is 15.9 Å². The summed E-state index contributed by atoms with van der Waals surface area (Å²) in [6, 6.07) is 13.1. The van der Waals surface area contributed by atoms with Crippen LogP contribution in [0.2, 0.25) is 5.02 Å². The van der Waals surface area contributed by atoms with Crippen molar-refractivity contribution in [3.8, 4) is 0 Å². The van der Waals surface area contributed by atoms with Crippen LogP contribution in [-0.4, -0.2) is 76.5 Å². The molecule has 0 N–H and O–H groups in total. The van der Waals surface area contributed by atoms with Gasteiger partial charge in [-0.15, -0.1) is 0 Å². The van der Waals surface area contributed by atoms with Gasteiger partial charge in [-0.3, -0.25) is 4.79 Å². The maximum atomic E-state index is 13.0. The minimum atomic E-state index is -3.73. The van der Waals surface area contributed by atoms with Gasteiger partial charge in [0.05, 0.1) is 15.5 Å². The summed E-state index contributed by atoms with van der Waals surface area (Å²) < 4.78 is 52.4. The SMILES string of the molecule is CN(C)S(=O)(=O)c1ccc(Cl)c(C(=O)N2CCN(S(=O)(=O)/C=C/c3ccccc3)CC2)c1. The van der Waals surface area contributed by atoms with Crippen molar-refractivity contribution in [1.82, 2.24) is 13.5 Å². The van der Waals surface area contributed by atoms with Crippen LogP contribution in [0.5, 0.6) is 0 Å². The highest BCUT2D eigenvalue weighted by molar-refractivity contribution is 7.92. The molecule has 2 aromatic carbocycles. The first-order chi connectivity index (χ1) is 15.0. The lowest BCUT2D eigenvalue weighted by molar-refractivity contribution is 0.0698. The maximum absolute atomic E-state index is 13.0. The van der Waals surface area contributed by atoms with Crippen molar-refractivity contribution in [3.63, 3.8) is 0 Å². The fourth-order valence-corrected chi connectivity index (χ4v) is 5.47. The first-order valence-corrected chi connectivity index (χ1v) is 13.1. The number of sulfonamides is 2. The molecule has 3 rings (SSSR count). The molecule has 32 heavy (non-hydrogen) atoms. The van der Waals surface area contributed by atoms with E-state index in [4.69, 9.17) is 11.6 Å². The van der Waals surface area contributed by atoms with E-state index in [0.29, 0.717) is 0 Å². The number of nitrogens with zero attached hydrogens (tertiary/aromatic N) is 3. The molecule has 1 aliphatic rings. The van der Waals surface area contributed by atoms with E-state index in [9.17, 15) is 21.6 Å². The highest BCUT2D eigenvalue weighted by Gasteiger charge is 2.29. The predicted molar refractivity (Wildman–Crippen MR) is 124 cm³/mol. The van der Waals surface area contributed by atoms with Crippen LogP contribution < -0.4 is 0 Å². The Labute approximate surface area is 193 Å². The molecule has 0 aliphatic carbocycles. The Morgan fingerprint density at radius 2 is 1.59 bits per heavy atom. The normalized spacial score (nSPS) is 16.1. The average Bonchev–Trinajstić information content (AvgIpc) is 2.78. The molecule has 0 saturated carbocycles. The van der Waals surface area contributed by atoms with Gasteiger partial charge >= 0.3 is 0 Å². The van der Waals surface area contributed by atoms with Crippen LogP contribution in [0.4, 0.5) is 0 Å². The first-order valence-electron chi connectivity index (χ1n) is 9.77. The molecule has 1 amide bonds. The van der Waals surface area contributed by atoms with Gasteiger partial charge < -0.3 is 4.90 Å². The first kappa shape index (κ1) is 24.4. The summed E-state index contributed by atoms with van der Waals surface area (Å²) in [5.41, 5.74) is 0.835. The Kier molecular flexibility index (Phi) is 7.41. The molecule has 1 heterocycles. The van der Waals surface area contributed by atoms with Gasteiger partial charge in [0.15, 0.2) is 0 Å². The van der Waals surface area contributed by atoms with Crippen LogP contribution in [0.25, 0.3) is 6.08 Å². The summed E-state index contributed by atoms with van der Waals surface area (Å²) in [4.78, 5) is 14.4. The zero-order valence-corrected chi connectivity index (χ0v) is 20.1. The molecule has 1 fully saturated rings. The van der Waals surface area contributed by atoms with Crippen molar-refractivity contribution in [2.75, 3.05) is 40.3 Å². The van der Waals surface area contributed by atoms with Crippen LogP contribution in [0, 0.1) is 0 Å². The van der Waals surface area contributed by atoms with Crippen LogP contribution >= 0.6 is 11.6 Å². The lowest BCUT2D eigenvalue weighted by Gasteiger charge is -2.33. The molecule has 2 aromatic rings. The second-order valence-electron chi connectivity index (χ2n) is 7.38. The smallest absolute Gasteiger partial charge is 0.255 e. The van der Waals surface area contributed by atoms with Crippen molar-refractivity contribution in [2.45, 2.75) is 4.90 Å². The predicted octanol–water partition coefficient (Wildman–Crippen LogP) is 2.35. The van der Waals surface area contributed by atoms with E-state index in [1.807, 2.05) is 18.2 Å². The topological polar surface area (TPSA) is 95.1 Å². The van der Waals surface area contributed by atoms with Gasteiger partial charge in [0, 0.05) is 45.7 Å². The summed E-state index contributed by atoms with van der Waals surface area (Å²) in [7, 11) is -4.56. The Bertz CT molecular complexity index is 1220. The molecule has 0 spiro atoms. The number of carbonyl (C=O) groups is 1. The second kappa shape index (κ2) is 9.72. The molecule has 172 valence electrons. The number of halogens is 1. The van der Waals surface area contributed by atoms with E-state index in [1.54, 1.807) is 12.1 Å². The standard InChI is InChI=1S/C21H24ClN3O5S2/c1-23(2)32(29,30)18-8-9-20(22)19(16-18)21(26)24-11-13-25(14-12-24)31(27,28)15-10-17-6-4-3-5-7-17/h3-10,15-16H,11-14H2,1-2H3/b15-10+. The third-order valence-corrected chi connectivity index (χ3v) is 8.77. The van der Waals surface area contributed by atoms with Gasteiger partial charge in [0.2, 0.25) is 20.0 Å². The number of hydrogen-bond donors (Lipinski definition) is 0. The molecule has 8 nitrogen and oxygen atoms in total. The Morgan fingerprint density at radius 1 is 0.969 bits per heavy atom. The van der Waals surface area contributed by atoms with Crippen LogP contribution in [-0.2, 0) is 20.0 Å². The van der Waals surface area contributed by atoms with Crippen molar-refractivity contribution in [1.29, 1.82) is 0 Å². The van der Waals surface area contributed by atoms with E-state index in [1.165, 1.54) is 47.6 Å².